The van der Waals surface area contributed by atoms with Gasteiger partial charge in [-0.1, -0.05) is 30.3 Å². The zero-order valence-electron chi connectivity index (χ0n) is 14.3. The molecule has 0 aromatic heterocycles. The lowest BCUT2D eigenvalue weighted by molar-refractivity contribution is -0.115. The van der Waals surface area contributed by atoms with Crippen LogP contribution < -0.4 is 15.4 Å². The van der Waals surface area contributed by atoms with Crippen LogP contribution in [-0.2, 0) is 9.59 Å². The van der Waals surface area contributed by atoms with Crippen molar-refractivity contribution < 1.29 is 14.3 Å². The van der Waals surface area contributed by atoms with E-state index in [0.29, 0.717) is 18.0 Å². The number of carbonyl (C=O) groups is 2. The van der Waals surface area contributed by atoms with Gasteiger partial charge in [-0.15, -0.1) is 11.8 Å². The van der Waals surface area contributed by atoms with E-state index in [1.54, 1.807) is 13.0 Å². The maximum Gasteiger partial charge on any atom is 0.237 e. The van der Waals surface area contributed by atoms with Crippen LogP contribution >= 0.6 is 11.8 Å². The lowest BCUT2D eigenvalue weighted by atomic mass is 10.3. The highest BCUT2D eigenvalue weighted by atomic mass is 32.2. The number of ether oxygens (including phenoxy) is 1. The number of nitrogens with one attached hydrogen (secondary N) is 2. The van der Waals surface area contributed by atoms with E-state index in [1.165, 1.54) is 11.8 Å². The van der Waals surface area contributed by atoms with Gasteiger partial charge in [0, 0.05) is 5.69 Å². The molecule has 0 aliphatic rings. The molecule has 0 saturated carbocycles. The average Bonchev–Trinajstić information content (AvgIpc) is 2.62. The summed E-state index contributed by atoms with van der Waals surface area (Å²) in [6.45, 7) is 4.20. The molecule has 0 bridgehead atoms. The Kier molecular flexibility index (Phi) is 7.35. The Bertz CT molecular complexity index is 707. The smallest absolute Gasteiger partial charge is 0.237 e. The maximum atomic E-state index is 12.1. The summed E-state index contributed by atoms with van der Waals surface area (Å²) in [7, 11) is 0. The first kappa shape index (κ1) is 18.9. The fourth-order valence-corrected chi connectivity index (χ4v) is 2.76. The first-order chi connectivity index (χ1) is 12.1. The third-order valence-corrected chi connectivity index (χ3v) is 4.48. The molecule has 1 atom stereocenters. The van der Waals surface area contributed by atoms with Crippen LogP contribution in [0.25, 0.3) is 0 Å². The first-order valence-electron chi connectivity index (χ1n) is 8.09. The summed E-state index contributed by atoms with van der Waals surface area (Å²) in [4.78, 5) is 24.3. The molecular formula is C19H22N2O3S. The predicted octanol–water partition coefficient (Wildman–Crippen LogP) is 3.78. The van der Waals surface area contributed by atoms with Crippen LogP contribution in [0, 0.1) is 0 Å². The van der Waals surface area contributed by atoms with E-state index in [9.17, 15) is 9.59 Å². The van der Waals surface area contributed by atoms with E-state index >= 15 is 0 Å². The molecule has 2 amide bonds. The van der Waals surface area contributed by atoms with E-state index in [2.05, 4.69) is 10.6 Å². The Hall–Kier alpha value is -2.47. The third kappa shape index (κ3) is 6.15. The molecule has 2 aromatic carbocycles. The van der Waals surface area contributed by atoms with E-state index in [-0.39, 0.29) is 22.8 Å². The first-order valence-corrected chi connectivity index (χ1v) is 9.14. The van der Waals surface area contributed by atoms with Crippen LogP contribution in [0.5, 0.6) is 5.75 Å². The van der Waals surface area contributed by atoms with Crippen LogP contribution in [0.3, 0.4) is 0 Å². The monoisotopic (exact) mass is 358 g/mol. The topological polar surface area (TPSA) is 67.4 Å². The summed E-state index contributed by atoms with van der Waals surface area (Å²) in [5.41, 5.74) is 1.38. The van der Waals surface area contributed by atoms with Gasteiger partial charge in [-0.05, 0) is 38.1 Å². The Balaban J connectivity index is 1.82. The third-order valence-electron chi connectivity index (χ3n) is 3.34. The van der Waals surface area contributed by atoms with Gasteiger partial charge < -0.3 is 15.4 Å². The molecule has 2 aromatic rings. The van der Waals surface area contributed by atoms with Crippen molar-refractivity contribution in [1.82, 2.24) is 0 Å². The van der Waals surface area contributed by atoms with Crippen molar-refractivity contribution in [2.24, 2.45) is 0 Å². The normalized spacial score (nSPS) is 11.4. The number of rotatable bonds is 8. The lowest BCUT2D eigenvalue weighted by Crippen LogP contribution is -2.25. The number of hydrogen-bond donors (Lipinski definition) is 2. The standard InChI is InChI=1S/C19H22N2O3S/c1-3-24-17-12-8-7-11-16(17)21-18(22)13-25-14(2)19(23)20-15-9-5-4-6-10-15/h4-12,14H,3,13H2,1-2H3,(H,20,23)(H,21,22)/t14-/m1/s1. The summed E-state index contributed by atoms with van der Waals surface area (Å²) in [5.74, 6) is 0.526. The summed E-state index contributed by atoms with van der Waals surface area (Å²) in [6.07, 6.45) is 0. The highest BCUT2D eigenvalue weighted by Crippen LogP contribution is 2.24. The molecule has 0 saturated heterocycles. The number of thioether (sulfide) groups is 1. The van der Waals surface area contributed by atoms with E-state index in [4.69, 9.17) is 4.74 Å². The van der Waals surface area contributed by atoms with Crippen molar-refractivity contribution in [3.05, 3.63) is 54.6 Å². The number of carbonyl (C=O) groups excluding carboxylic acids is 2. The van der Waals surface area contributed by atoms with Gasteiger partial charge in [-0.3, -0.25) is 9.59 Å². The number of amides is 2. The second-order valence-corrected chi connectivity index (χ2v) is 6.61. The largest absolute Gasteiger partial charge is 0.492 e. The van der Waals surface area contributed by atoms with E-state index in [0.717, 1.165) is 5.69 Å². The number of para-hydroxylation sites is 3. The van der Waals surface area contributed by atoms with Crippen molar-refractivity contribution in [2.75, 3.05) is 23.0 Å². The van der Waals surface area contributed by atoms with Gasteiger partial charge in [0.25, 0.3) is 0 Å². The van der Waals surface area contributed by atoms with Crippen LogP contribution in [-0.4, -0.2) is 29.4 Å². The minimum Gasteiger partial charge on any atom is -0.492 e. The zero-order valence-corrected chi connectivity index (χ0v) is 15.1. The maximum absolute atomic E-state index is 12.1. The van der Waals surface area contributed by atoms with Gasteiger partial charge in [0.15, 0.2) is 0 Å². The summed E-state index contributed by atoms with van der Waals surface area (Å²) in [5, 5.41) is 5.31. The second-order valence-electron chi connectivity index (χ2n) is 5.29. The van der Waals surface area contributed by atoms with Gasteiger partial charge in [-0.25, -0.2) is 0 Å². The average molecular weight is 358 g/mol. The highest BCUT2D eigenvalue weighted by Gasteiger charge is 2.16. The van der Waals surface area contributed by atoms with Gasteiger partial charge in [0.2, 0.25) is 11.8 Å². The van der Waals surface area contributed by atoms with Gasteiger partial charge in [0.1, 0.15) is 5.75 Å². The molecule has 0 fully saturated rings. The number of benzene rings is 2. The molecule has 0 unspecified atom stereocenters. The van der Waals surface area contributed by atoms with Gasteiger partial charge in [-0.2, -0.15) is 0 Å². The van der Waals surface area contributed by atoms with Crippen molar-refractivity contribution in [1.29, 1.82) is 0 Å². The van der Waals surface area contributed by atoms with Crippen LogP contribution in [0.1, 0.15) is 13.8 Å². The van der Waals surface area contributed by atoms with Crippen LogP contribution in [0.15, 0.2) is 54.6 Å². The molecule has 0 spiro atoms. The summed E-state index contributed by atoms with van der Waals surface area (Å²) in [6, 6.07) is 16.5. The summed E-state index contributed by atoms with van der Waals surface area (Å²) < 4.78 is 5.48. The van der Waals surface area contributed by atoms with Gasteiger partial charge in [0.05, 0.1) is 23.3 Å². The van der Waals surface area contributed by atoms with Crippen LogP contribution in [0.2, 0.25) is 0 Å². The van der Waals surface area contributed by atoms with Crippen molar-refractivity contribution in [3.8, 4) is 5.75 Å². The molecule has 2 N–H and O–H groups in total. The Morgan fingerprint density at radius 2 is 1.72 bits per heavy atom. The van der Waals surface area contributed by atoms with Crippen molar-refractivity contribution in [2.45, 2.75) is 19.1 Å². The molecule has 0 aliphatic heterocycles. The molecule has 0 heterocycles. The van der Waals surface area contributed by atoms with E-state index < -0.39 is 0 Å². The lowest BCUT2D eigenvalue weighted by Gasteiger charge is -2.13. The number of anilines is 2. The molecule has 132 valence electrons. The fourth-order valence-electron chi connectivity index (χ4n) is 2.08. The Morgan fingerprint density at radius 1 is 1.04 bits per heavy atom. The molecule has 0 aliphatic carbocycles. The molecule has 2 rings (SSSR count). The minimum atomic E-state index is -0.340. The fraction of sp³-hybridized carbons (Fsp3) is 0.263. The van der Waals surface area contributed by atoms with Crippen molar-refractivity contribution in [3.63, 3.8) is 0 Å². The van der Waals surface area contributed by atoms with E-state index in [1.807, 2.05) is 55.5 Å². The molecular weight excluding hydrogens is 336 g/mol. The van der Waals surface area contributed by atoms with Gasteiger partial charge >= 0.3 is 0 Å². The number of hydrogen-bond acceptors (Lipinski definition) is 4. The molecule has 6 heteroatoms. The molecule has 5 nitrogen and oxygen atoms in total. The highest BCUT2D eigenvalue weighted by molar-refractivity contribution is 8.01. The summed E-state index contributed by atoms with van der Waals surface area (Å²) >= 11 is 1.29. The molecule has 0 radical (unpaired) electrons. The van der Waals surface area contributed by atoms with Crippen LogP contribution in [0.4, 0.5) is 11.4 Å². The Morgan fingerprint density at radius 3 is 2.44 bits per heavy atom. The van der Waals surface area contributed by atoms with Crippen molar-refractivity contribution >= 4 is 35.0 Å². The zero-order chi connectivity index (χ0) is 18.1. The Labute approximate surface area is 152 Å². The second kappa shape index (κ2) is 9.74. The SMILES string of the molecule is CCOc1ccccc1NC(=O)CS[C@H](C)C(=O)Nc1ccccc1. The quantitative estimate of drug-likeness (QED) is 0.753. The predicted molar refractivity (Wildman–Crippen MR) is 103 cm³/mol. The minimum absolute atomic E-state index is 0.126. The molecule has 25 heavy (non-hydrogen) atoms.